The minimum atomic E-state index is -2.75. The van der Waals surface area contributed by atoms with Crippen molar-refractivity contribution in [2.45, 2.75) is 39.5 Å². The predicted octanol–water partition coefficient (Wildman–Crippen LogP) is 2.92. The van der Waals surface area contributed by atoms with Crippen LogP contribution in [0.1, 0.15) is 39.5 Å². The molecule has 0 aliphatic carbocycles. The van der Waals surface area contributed by atoms with Gasteiger partial charge in [0.1, 0.15) is 0 Å². The monoisotopic (exact) mass is 304 g/mol. The summed E-state index contributed by atoms with van der Waals surface area (Å²) in [6.45, 7) is 4.71. The second kappa shape index (κ2) is 10.9. The molecule has 0 rings (SSSR count). The van der Waals surface area contributed by atoms with Crippen LogP contribution in [-0.4, -0.2) is 12.4 Å². The molecule has 0 heterocycles. The number of unbranched alkanes of at least 4 members (excludes halogenated alkanes) is 2. The Morgan fingerprint density at radius 1 is 1.29 bits per heavy atom. The van der Waals surface area contributed by atoms with Crippen molar-refractivity contribution in [2.24, 2.45) is 0 Å². The van der Waals surface area contributed by atoms with Crippen molar-refractivity contribution >= 4 is 28.9 Å². The van der Waals surface area contributed by atoms with Crippen LogP contribution in [0.15, 0.2) is 0 Å². The van der Waals surface area contributed by atoms with Gasteiger partial charge in [-0.15, -0.1) is 11.4 Å². The van der Waals surface area contributed by atoms with Gasteiger partial charge in [0.05, 0.1) is 6.61 Å². The van der Waals surface area contributed by atoms with E-state index in [0.29, 0.717) is 6.61 Å². The Labute approximate surface area is 107 Å². The molecule has 0 fully saturated rings. The van der Waals surface area contributed by atoms with Crippen molar-refractivity contribution in [3.8, 4) is 0 Å². The zero-order valence-electron chi connectivity index (χ0n) is 8.62. The third kappa shape index (κ3) is 11.5. The van der Waals surface area contributed by atoms with E-state index in [1.54, 1.807) is 0 Å². The molecule has 2 nitrogen and oxygen atoms in total. The Balaban J connectivity index is 0. The zero-order valence-corrected chi connectivity index (χ0v) is 12.1. The molecule has 1 atom stereocenters. The molecule has 0 aromatic rings. The van der Waals surface area contributed by atoms with Gasteiger partial charge in [-0.05, 0) is 18.6 Å². The molecule has 0 aromatic carbocycles. The molecule has 0 aliphatic rings. The number of hydrogen-bond donors (Lipinski definition) is 0. The Kier molecular flexibility index (Phi) is 13.9. The van der Waals surface area contributed by atoms with Gasteiger partial charge in [0.2, 0.25) is 0 Å². The maximum absolute atomic E-state index is 11.5. The number of rotatable bonds is 8. The van der Waals surface area contributed by atoms with E-state index < -0.39 is 5.69 Å². The van der Waals surface area contributed by atoms with E-state index in [1.807, 2.05) is 0 Å². The van der Waals surface area contributed by atoms with Gasteiger partial charge < -0.3 is 9.42 Å². The maximum atomic E-state index is 11.5. The molecule has 6 heteroatoms. The summed E-state index contributed by atoms with van der Waals surface area (Å²) in [6.07, 6.45) is 4.16. The second-order valence-corrected chi connectivity index (χ2v) is 8.99. The third-order valence-electron chi connectivity index (χ3n) is 1.49. The molecule has 0 spiro atoms. The first-order valence-corrected chi connectivity index (χ1v) is 8.95. The molecule has 0 amide bonds. The average molecular weight is 305 g/mol. The fourth-order valence-electron chi connectivity index (χ4n) is 0.679. The van der Waals surface area contributed by atoms with Crippen LogP contribution in [-0.2, 0) is 33.4 Å². The van der Waals surface area contributed by atoms with Crippen molar-refractivity contribution < 1.29 is 26.5 Å². The predicted molar refractivity (Wildman–Crippen MR) is 62.5 cm³/mol. The van der Waals surface area contributed by atoms with Crippen molar-refractivity contribution in [1.29, 1.82) is 0 Å². The molecule has 0 aromatic heterocycles. The van der Waals surface area contributed by atoms with E-state index in [2.05, 4.69) is 13.8 Å². The topological polar surface area (TPSA) is 32.3 Å². The molecular weight excluding hydrogens is 287 g/mol. The van der Waals surface area contributed by atoms with Crippen LogP contribution in [0.2, 0.25) is 0 Å². The first kappa shape index (κ1) is 17.8. The van der Waals surface area contributed by atoms with Crippen LogP contribution in [0, 0.1) is 0 Å². The van der Waals surface area contributed by atoms with E-state index in [4.69, 9.17) is 16.3 Å². The fraction of sp³-hybridized carbons (Fsp3) is 1.00. The normalized spacial score (nSPS) is 14.5. The van der Waals surface area contributed by atoms with Gasteiger partial charge in [0.25, 0.3) is 0 Å². The summed E-state index contributed by atoms with van der Waals surface area (Å²) < 4.78 is 5.15. The summed E-state index contributed by atoms with van der Waals surface area (Å²) in [4.78, 5) is 11.5. The molecule has 1 unspecified atom stereocenters. The Hall–Kier alpha value is 1.44. The van der Waals surface area contributed by atoms with Gasteiger partial charge in [-0.1, -0.05) is 38.5 Å². The summed E-state index contributed by atoms with van der Waals surface area (Å²) >= 11 is 6.17. The van der Waals surface area contributed by atoms with E-state index in [0.717, 1.165) is 31.4 Å². The third-order valence-corrected chi connectivity index (χ3v) is 5.86. The van der Waals surface area contributed by atoms with Crippen molar-refractivity contribution in [3.63, 3.8) is 0 Å². The first-order chi connectivity index (χ1) is 6.12. The molecule has 14 heavy (non-hydrogen) atoms. The summed E-state index contributed by atoms with van der Waals surface area (Å²) in [5.74, 6) is 0.851. The molecule has 0 N–H and O–H groups in total. The standard InChI is InChI=1S/C8H19O2PS2.Cu/c1-3-5-7-10-11(9,12)13-8-6-4-2;/h3-8H2,1-2H3,(H,9,12);/q;+1/p-1. The molecule has 0 saturated carbocycles. The minimum absolute atomic E-state index is 0. The Morgan fingerprint density at radius 3 is 2.36 bits per heavy atom. The van der Waals surface area contributed by atoms with Crippen LogP contribution < -0.4 is 4.89 Å². The molecular formula is C8H18CuO2PS2. The maximum Gasteiger partial charge on any atom is 1.00 e. The Bertz CT molecular complexity index is 155. The molecule has 90 valence electrons. The van der Waals surface area contributed by atoms with Gasteiger partial charge in [0.15, 0.2) is 0 Å². The smallest absolute Gasteiger partial charge is 0.793 e. The van der Waals surface area contributed by atoms with Crippen molar-refractivity contribution in [3.05, 3.63) is 0 Å². The molecule has 0 aliphatic heterocycles. The van der Waals surface area contributed by atoms with Crippen LogP contribution >= 0.6 is 17.1 Å². The number of hydrogen-bond acceptors (Lipinski definition) is 4. The first-order valence-electron chi connectivity index (χ1n) is 4.72. The zero-order chi connectivity index (χ0) is 10.2. The minimum Gasteiger partial charge on any atom is -0.793 e. The summed E-state index contributed by atoms with van der Waals surface area (Å²) in [7, 11) is 0. The van der Waals surface area contributed by atoms with Gasteiger partial charge in [0, 0.05) is 5.69 Å². The van der Waals surface area contributed by atoms with Crippen molar-refractivity contribution in [2.75, 3.05) is 12.4 Å². The van der Waals surface area contributed by atoms with Crippen LogP contribution in [0.3, 0.4) is 0 Å². The fourth-order valence-corrected chi connectivity index (χ4v) is 4.15. The van der Waals surface area contributed by atoms with Crippen LogP contribution in [0.25, 0.3) is 0 Å². The van der Waals surface area contributed by atoms with Crippen LogP contribution in [0.5, 0.6) is 0 Å². The molecule has 0 bridgehead atoms. The van der Waals surface area contributed by atoms with E-state index in [-0.39, 0.29) is 17.1 Å². The van der Waals surface area contributed by atoms with E-state index >= 15 is 0 Å². The van der Waals surface area contributed by atoms with Gasteiger partial charge in [-0.2, -0.15) is 0 Å². The SMILES string of the molecule is CCCCOP([O-])(=S)SCCCC.[Cu+]. The average Bonchev–Trinajstić information content (AvgIpc) is 2.05. The van der Waals surface area contributed by atoms with Gasteiger partial charge in [-0.25, -0.2) is 0 Å². The van der Waals surface area contributed by atoms with Gasteiger partial charge in [-0.3, -0.25) is 0 Å². The quantitative estimate of drug-likeness (QED) is 0.392. The summed E-state index contributed by atoms with van der Waals surface area (Å²) in [5.41, 5.74) is -2.75. The Morgan fingerprint density at radius 2 is 1.86 bits per heavy atom. The van der Waals surface area contributed by atoms with Crippen LogP contribution in [0.4, 0.5) is 0 Å². The van der Waals surface area contributed by atoms with Gasteiger partial charge >= 0.3 is 17.1 Å². The second-order valence-electron chi connectivity index (χ2n) is 2.82. The molecule has 0 radical (unpaired) electrons. The summed E-state index contributed by atoms with van der Waals surface area (Å²) in [5, 5.41) is 0. The molecule has 0 saturated heterocycles. The van der Waals surface area contributed by atoms with Crippen molar-refractivity contribution in [1.82, 2.24) is 0 Å². The van der Waals surface area contributed by atoms with E-state index in [1.165, 1.54) is 11.4 Å². The summed E-state index contributed by atoms with van der Waals surface area (Å²) in [6, 6.07) is 0. The largest absolute Gasteiger partial charge is 1.00 e. The van der Waals surface area contributed by atoms with E-state index in [9.17, 15) is 4.89 Å².